The quantitative estimate of drug-likeness (QED) is 0.472. The zero-order valence-electron chi connectivity index (χ0n) is 10.7. The van der Waals surface area contributed by atoms with Crippen LogP contribution in [0.1, 0.15) is 22.8 Å². The third kappa shape index (κ3) is 4.05. The highest BCUT2D eigenvalue weighted by atomic mass is 127. The molecule has 0 aliphatic rings. The fourth-order valence-corrected chi connectivity index (χ4v) is 2.25. The Kier molecular flexibility index (Phi) is 5.14. The van der Waals surface area contributed by atoms with Crippen LogP contribution in [-0.4, -0.2) is 11.6 Å². The standard InChI is InChI=1S/C15H12ClIN2O/c1-10(12-3-2-4-14(17)9-12)18-19-15(20)11-5-7-13(16)8-6-11/h2-9H,1H3,(H,19,20)/b18-10-. The van der Waals surface area contributed by atoms with Crippen LogP contribution in [0.15, 0.2) is 53.6 Å². The molecular formula is C15H12ClIN2O. The average Bonchev–Trinajstić information content (AvgIpc) is 2.45. The Morgan fingerprint density at radius 2 is 1.85 bits per heavy atom. The van der Waals surface area contributed by atoms with Gasteiger partial charge < -0.3 is 0 Å². The molecule has 0 saturated carbocycles. The summed E-state index contributed by atoms with van der Waals surface area (Å²) >= 11 is 8.02. The first kappa shape index (κ1) is 15.0. The summed E-state index contributed by atoms with van der Waals surface area (Å²) in [6.45, 7) is 1.85. The number of carbonyl (C=O) groups is 1. The lowest BCUT2D eigenvalue weighted by molar-refractivity contribution is 0.0955. The highest BCUT2D eigenvalue weighted by Crippen LogP contribution is 2.10. The first-order chi connectivity index (χ1) is 9.56. The second-order valence-corrected chi connectivity index (χ2v) is 5.84. The molecule has 0 aromatic heterocycles. The van der Waals surface area contributed by atoms with Crippen molar-refractivity contribution >= 4 is 45.8 Å². The van der Waals surface area contributed by atoms with Crippen LogP contribution in [0.3, 0.4) is 0 Å². The van der Waals surface area contributed by atoms with Gasteiger partial charge in [0.2, 0.25) is 0 Å². The van der Waals surface area contributed by atoms with Crippen molar-refractivity contribution in [1.29, 1.82) is 0 Å². The van der Waals surface area contributed by atoms with Crippen molar-refractivity contribution in [2.45, 2.75) is 6.92 Å². The molecule has 0 aliphatic heterocycles. The van der Waals surface area contributed by atoms with Gasteiger partial charge in [-0.1, -0.05) is 23.7 Å². The van der Waals surface area contributed by atoms with E-state index in [4.69, 9.17) is 11.6 Å². The fraction of sp³-hybridized carbons (Fsp3) is 0.0667. The lowest BCUT2D eigenvalue weighted by Gasteiger charge is -2.03. The van der Waals surface area contributed by atoms with E-state index in [-0.39, 0.29) is 5.91 Å². The normalized spacial score (nSPS) is 11.2. The molecule has 2 aromatic carbocycles. The Morgan fingerprint density at radius 1 is 1.15 bits per heavy atom. The van der Waals surface area contributed by atoms with E-state index in [2.05, 4.69) is 33.1 Å². The van der Waals surface area contributed by atoms with Crippen LogP contribution in [0, 0.1) is 3.57 Å². The molecule has 0 atom stereocenters. The van der Waals surface area contributed by atoms with Crippen LogP contribution in [0.5, 0.6) is 0 Å². The Morgan fingerprint density at radius 3 is 2.50 bits per heavy atom. The monoisotopic (exact) mass is 398 g/mol. The highest BCUT2D eigenvalue weighted by Gasteiger charge is 2.04. The largest absolute Gasteiger partial charge is 0.271 e. The van der Waals surface area contributed by atoms with Gasteiger partial charge in [0.25, 0.3) is 5.91 Å². The Hall–Kier alpha value is -1.40. The van der Waals surface area contributed by atoms with Gasteiger partial charge in [0.15, 0.2) is 0 Å². The summed E-state index contributed by atoms with van der Waals surface area (Å²) in [4.78, 5) is 11.9. The molecular weight excluding hydrogens is 387 g/mol. The molecule has 1 amide bonds. The lowest BCUT2D eigenvalue weighted by atomic mass is 10.1. The molecule has 0 radical (unpaired) electrons. The molecule has 0 bridgehead atoms. The van der Waals surface area contributed by atoms with Crippen molar-refractivity contribution in [3.63, 3.8) is 0 Å². The maximum absolute atomic E-state index is 11.9. The van der Waals surface area contributed by atoms with E-state index in [1.54, 1.807) is 24.3 Å². The minimum atomic E-state index is -0.258. The Balaban J connectivity index is 2.08. The van der Waals surface area contributed by atoms with Gasteiger partial charge in [-0.15, -0.1) is 0 Å². The maximum Gasteiger partial charge on any atom is 0.271 e. The predicted octanol–water partition coefficient (Wildman–Crippen LogP) is 4.10. The predicted molar refractivity (Wildman–Crippen MR) is 90.3 cm³/mol. The second kappa shape index (κ2) is 6.85. The number of amides is 1. The minimum Gasteiger partial charge on any atom is -0.267 e. The molecule has 2 aromatic rings. The van der Waals surface area contributed by atoms with Gasteiger partial charge in [0, 0.05) is 14.2 Å². The van der Waals surface area contributed by atoms with Crippen LogP contribution >= 0.6 is 34.2 Å². The molecule has 20 heavy (non-hydrogen) atoms. The number of nitrogens with one attached hydrogen (secondary N) is 1. The third-order valence-electron chi connectivity index (χ3n) is 2.67. The molecule has 0 aliphatic carbocycles. The van der Waals surface area contributed by atoms with Crippen LogP contribution in [0.4, 0.5) is 0 Å². The molecule has 0 heterocycles. The maximum atomic E-state index is 11.9. The van der Waals surface area contributed by atoms with E-state index in [1.165, 1.54) is 0 Å². The Bertz CT molecular complexity index is 653. The van der Waals surface area contributed by atoms with Crippen LogP contribution in [0.25, 0.3) is 0 Å². The van der Waals surface area contributed by atoms with Crippen molar-refractivity contribution in [3.8, 4) is 0 Å². The van der Waals surface area contributed by atoms with Crippen molar-refractivity contribution < 1.29 is 4.79 Å². The fourth-order valence-electron chi connectivity index (χ4n) is 1.58. The van der Waals surface area contributed by atoms with E-state index in [9.17, 15) is 4.79 Å². The number of hydrogen-bond acceptors (Lipinski definition) is 2. The molecule has 0 spiro atoms. The molecule has 0 unspecified atom stereocenters. The van der Waals surface area contributed by atoms with E-state index in [1.807, 2.05) is 31.2 Å². The second-order valence-electron chi connectivity index (χ2n) is 4.16. The van der Waals surface area contributed by atoms with E-state index >= 15 is 0 Å². The van der Waals surface area contributed by atoms with Crippen molar-refractivity contribution in [3.05, 3.63) is 68.3 Å². The average molecular weight is 399 g/mol. The number of nitrogens with zero attached hydrogens (tertiary/aromatic N) is 1. The number of benzene rings is 2. The summed E-state index contributed by atoms with van der Waals surface area (Å²) < 4.78 is 1.12. The molecule has 102 valence electrons. The zero-order chi connectivity index (χ0) is 14.5. The summed E-state index contributed by atoms with van der Waals surface area (Å²) in [5.74, 6) is -0.258. The smallest absolute Gasteiger partial charge is 0.267 e. The van der Waals surface area contributed by atoms with Gasteiger partial charge in [0.1, 0.15) is 0 Å². The van der Waals surface area contributed by atoms with Crippen LogP contribution in [-0.2, 0) is 0 Å². The molecule has 0 saturated heterocycles. The zero-order valence-corrected chi connectivity index (χ0v) is 13.6. The number of hydrazone groups is 1. The van der Waals surface area contributed by atoms with Crippen LogP contribution < -0.4 is 5.43 Å². The summed E-state index contributed by atoms with van der Waals surface area (Å²) in [7, 11) is 0. The lowest BCUT2D eigenvalue weighted by Crippen LogP contribution is -2.19. The summed E-state index contributed by atoms with van der Waals surface area (Å²) in [6, 6.07) is 14.6. The molecule has 1 N–H and O–H groups in total. The van der Waals surface area contributed by atoms with E-state index in [0.717, 1.165) is 14.8 Å². The van der Waals surface area contributed by atoms with Gasteiger partial charge >= 0.3 is 0 Å². The Labute approximate surface area is 136 Å². The number of carbonyl (C=O) groups excluding carboxylic acids is 1. The number of rotatable bonds is 3. The van der Waals surface area contributed by atoms with Crippen LogP contribution in [0.2, 0.25) is 5.02 Å². The summed E-state index contributed by atoms with van der Waals surface area (Å²) in [6.07, 6.45) is 0. The number of halogens is 2. The van der Waals surface area contributed by atoms with Gasteiger partial charge in [-0.3, -0.25) is 4.79 Å². The topological polar surface area (TPSA) is 41.5 Å². The van der Waals surface area contributed by atoms with Crippen molar-refractivity contribution in [2.75, 3.05) is 0 Å². The van der Waals surface area contributed by atoms with E-state index < -0.39 is 0 Å². The molecule has 2 rings (SSSR count). The third-order valence-corrected chi connectivity index (χ3v) is 3.60. The SMILES string of the molecule is C/C(=N/NC(=O)c1ccc(Cl)cc1)c1cccc(I)c1. The van der Waals surface area contributed by atoms with Gasteiger partial charge in [-0.2, -0.15) is 5.10 Å². The summed E-state index contributed by atoms with van der Waals surface area (Å²) in [5, 5.41) is 4.71. The molecule has 5 heteroatoms. The minimum absolute atomic E-state index is 0.258. The van der Waals surface area contributed by atoms with Gasteiger partial charge in [-0.25, -0.2) is 5.43 Å². The van der Waals surface area contributed by atoms with Crippen molar-refractivity contribution in [2.24, 2.45) is 5.10 Å². The first-order valence-corrected chi connectivity index (χ1v) is 7.38. The van der Waals surface area contributed by atoms with Gasteiger partial charge in [0.05, 0.1) is 5.71 Å². The summed E-state index contributed by atoms with van der Waals surface area (Å²) in [5.41, 5.74) is 4.80. The van der Waals surface area contributed by atoms with E-state index in [0.29, 0.717) is 10.6 Å². The molecule has 3 nitrogen and oxygen atoms in total. The number of hydrogen-bond donors (Lipinski definition) is 1. The van der Waals surface area contributed by atoms with Gasteiger partial charge in [-0.05, 0) is 71.5 Å². The highest BCUT2D eigenvalue weighted by molar-refractivity contribution is 14.1. The molecule has 0 fully saturated rings. The van der Waals surface area contributed by atoms with Crippen molar-refractivity contribution in [1.82, 2.24) is 5.43 Å². The first-order valence-electron chi connectivity index (χ1n) is 5.92.